The number of hydrogen-bond acceptors (Lipinski definition) is 6. The Bertz CT molecular complexity index is 1310. The average Bonchev–Trinajstić information content (AvgIpc) is 3.30. The summed E-state index contributed by atoms with van der Waals surface area (Å²) in [6.07, 6.45) is 70.1. The predicted octanol–water partition coefficient (Wildman–Crippen LogP) is 17.8. The second-order valence-electron chi connectivity index (χ2n) is 17.4. The highest BCUT2D eigenvalue weighted by molar-refractivity contribution is 5.71. The number of hydrogen-bond donors (Lipinski definition) is 0. The van der Waals surface area contributed by atoms with Crippen LogP contribution >= 0.6 is 0 Å². The number of carbonyl (C=O) groups excluding carboxylic acids is 3. The van der Waals surface area contributed by atoms with E-state index in [-0.39, 0.29) is 37.5 Å². The maximum Gasteiger partial charge on any atom is 0.306 e. The quantitative estimate of drug-likeness (QED) is 0.0262. The summed E-state index contributed by atoms with van der Waals surface area (Å²) in [6, 6.07) is 0. The third kappa shape index (κ3) is 51.2. The Morgan fingerprint density at radius 3 is 1.02 bits per heavy atom. The molecule has 0 heterocycles. The maximum absolute atomic E-state index is 12.8. The molecule has 1 unspecified atom stereocenters. The molecule has 0 aromatic rings. The van der Waals surface area contributed by atoms with Gasteiger partial charge in [0.25, 0.3) is 0 Å². The molecule has 0 aliphatic carbocycles. The summed E-state index contributed by atoms with van der Waals surface area (Å²) < 4.78 is 16.6. The van der Waals surface area contributed by atoms with Crippen molar-refractivity contribution in [1.82, 2.24) is 0 Å². The molecule has 65 heavy (non-hydrogen) atoms. The summed E-state index contributed by atoms with van der Waals surface area (Å²) in [5.41, 5.74) is 0. The van der Waals surface area contributed by atoms with Crippen LogP contribution in [-0.4, -0.2) is 37.2 Å². The fraction of sp³-hybridized carbons (Fsp3) is 0.678. The largest absolute Gasteiger partial charge is 0.462 e. The van der Waals surface area contributed by atoms with Crippen LogP contribution in [0.5, 0.6) is 0 Å². The number of carbonyl (C=O) groups is 3. The van der Waals surface area contributed by atoms with Crippen LogP contribution in [0.15, 0.2) is 97.2 Å². The first kappa shape index (κ1) is 61.3. The van der Waals surface area contributed by atoms with Gasteiger partial charge in [-0.15, -0.1) is 0 Å². The van der Waals surface area contributed by atoms with Gasteiger partial charge >= 0.3 is 17.9 Å². The summed E-state index contributed by atoms with van der Waals surface area (Å²) in [5.74, 6) is -0.977. The number of esters is 3. The van der Waals surface area contributed by atoms with Gasteiger partial charge in [-0.1, -0.05) is 221 Å². The molecule has 0 spiro atoms. The summed E-state index contributed by atoms with van der Waals surface area (Å²) in [5, 5.41) is 0. The second-order valence-corrected chi connectivity index (χ2v) is 17.4. The Balaban J connectivity index is 4.26. The molecule has 0 N–H and O–H groups in total. The maximum atomic E-state index is 12.8. The van der Waals surface area contributed by atoms with Crippen molar-refractivity contribution in [1.29, 1.82) is 0 Å². The third-order valence-corrected chi connectivity index (χ3v) is 11.1. The molecule has 0 rings (SSSR count). The van der Waals surface area contributed by atoms with Crippen molar-refractivity contribution in [2.75, 3.05) is 13.2 Å². The molecule has 0 aromatic heterocycles. The average molecular weight is 903 g/mol. The van der Waals surface area contributed by atoms with Gasteiger partial charge in [-0.3, -0.25) is 14.4 Å². The Morgan fingerprint density at radius 2 is 0.615 bits per heavy atom. The number of ether oxygens (including phenoxy) is 3. The van der Waals surface area contributed by atoms with Crippen molar-refractivity contribution in [3.8, 4) is 0 Å². The molecule has 0 bridgehead atoms. The molecule has 0 aliphatic rings. The van der Waals surface area contributed by atoms with Crippen molar-refractivity contribution >= 4 is 17.9 Å². The molecular formula is C59H98O6. The first-order valence-electron chi connectivity index (χ1n) is 26.7. The van der Waals surface area contributed by atoms with Crippen LogP contribution in [0.3, 0.4) is 0 Å². The van der Waals surface area contributed by atoms with Gasteiger partial charge < -0.3 is 14.2 Å². The van der Waals surface area contributed by atoms with Crippen LogP contribution in [0, 0.1) is 0 Å². The van der Waals surface area contributed by atoms with Gasteiger partial charge in [0.1, 0.15) is 13.2 Å². The van der Waals surface area contributed by atoms with Crippen LogP contribution < -0.4 is 0 Å². The zero-order valence-corrected chi connectivity index (χ0v) is 42.2. The van der Waals surface area contributed by atoms with Crippen molar-refractivity contribution < 1.29 is 28.6 Å². The smallest absolute Gasteiger partial charge is 0.306 e. The van der Waals surface area contributed by atoms with Crippen LogP contribution in [0.1, 0.15) is 239 Å². The van der Waals surface area contributed by atoms with E-state index in [2.05, 4.69) is 118 Å². The Hall–Kier alpha value is -3.67. The van der Waals surface area contributed by atoms with Gasteiger partial charge in [-0.25, -0.2) is 0 Å². The van der Waals surface area contributed by atoms with E-state index in [9.17, 15) is 14.4 Å². The second kappa shape index (κ2) is 52.9. The molecule has 0 aromatic carbocycles. The third-order valence-electron chi connectivity index (χ3n) is 11.1. The Labute approximate surface area is 400 Å². The lowest BCUT2D eigenvalue weighted by Gasteiger charge is -2.18. The number of rotatable bonds is 47. The lowest BCUT2D eigenvalue weighted by Crippen LogP contribution is -2.30. The molecule has 0 amide bonds. The van der Waals surface area contributed by atoms with E-state index in [1.807, 2.05) is 0 Å². The minimum absolute atomic E-state index is 0.0976. The first-order chi connectivity index (χ1) is 32.0. The van der Waals surface area contributed by atoms with E-state index in [1.54, 1.807) is 0 Å². The van der Waals surface area contributed by atoms with E-state index in [4.69, 9.17) is 14.2 Å². The monoisotopic (exact) mass is 903 g/mol. The molecule has 0 fully saturated rings. The lowest BCUT2D eigenvalue weighted by molar-refractivity contribution is -0.167. The normalized spacial score (nSPS) is 12.8. The molecule has 0 saturated carbocycles. The van der Waals surface area contributed by atoms with Gasteiger partial charge in [0, 0.05) is 19.3 Å². The topological polar surface area (TPSA) is 78.9 Å². The molecule has 6 heteroatoms. The zero-order valence-electron chi connectivity index (χ0n) is 42.2. The van der Waals surface area contributed by atoms with Gasteiger partial charge in [0.15, 0.2) is 6.10 Å². The van der Waals surface area contributed by atoms with Gasteiger partial charge in [-0.2, -0.15) is 0 Å². The van der Waals surface area contributed by atoms with Crippen molar-refractivity contribution in [2.24, 2.45) is 0 Å². The minimum atomic E-state index is -0.799. The number of unbranched alkanes of at least 4 members (excludes halogenated alkanes) is 20. The fourth-order valence-corrected chi connectivity index (χ4v) is 7.07. The summed E-state index contributed by atoms with van der Waals surface area (Å²) >= 11 is 0. The summed E-state index contributed by atoms with van der Waals surface area (Å²) in [6.45, 7) is 6.38. The highest BCUT2D eigenvalue weighted by atomic mass is 16.6. The van der Waals surface area contributed by atoms with E-state index in [0.717, 1.165) is 103 Å². The minimum Gasteiger partial charge on any atom is -0.462 e. The van der Waals surface area contributed by atoms with Crippen molar-refractivity contribution in [3.05, 3.63) is 97.2 Å². The lowest BCUT2D eigenvalue weighted by atomic mass is 10.1. The van der Waals surface area contributed by atoms with Crippen molar-refractivity contribution in [2.45, 2.75) is 245 Å². The molecule has 0 saturated heterocycles. The molecule has 0 radical (unpaired) electrons. The molecule has 0 aliphatic heterocycles. The standard InChI is InChI=1S/C59H98O6/c1-4-7-10-13-15-17-19-21-23-25-27-28-29-30-32-33-35-37-39-41-43-46-49-52-58(61)64-55-56(54-63-57(60)51-48-45-12-9-6-3)65-59(62)53-50-47-44-42-40-38-36-34-31-26-24-22-20-18-16-14-11-8-5-2/h7,10,15,17,21-24,27-28,30,32,35,37,41,43,56H,4-6,8-9,11-14,16,18-20,25-26,29,31,33-34,36,38-40,42,44-55H2,1-3H3/b10-7-,17-15-,23-21-,24-22-,28-27-,32-30-,37-35-,43-41-. The van der Waals surface area contributed by atoms with Crippen LogP contribution in [0.4, 0.5) is 0 Å². The molecular weight excluding hydrogens is 805 g/mol. The highest BCUT2D eigenvalue weighted by Crippen LogP contribution is 2.14. The van der Waals surface area contributed by atoms with Crippen LogP contribution in [0.2, 0.25) is 0 Å². The fourth-order valence-electron chi connectivity index (χ4n) is 7.07. The summed E-state index contributed by atoms with van der Waals surface area (Å²) in [4.78, 5) is 37.7. The van der Waals surface area contributed by atoms with Crippen molar-refractivity contribution in [3.63, 3.8) is 0 Å². The SMILES string of the molecule is CC/C=C\C/C=C\C/C=C\C/C=C\C/C=C\C/C=C\C/C=C\CCCC(=O)OCC(COC(=O)CCCCCCC)OC(=O)CCCCCCCCCCC/C=C\CCCCCCCC. The Kier molecular flexibility index (Phi) is 50.0. The number of allylic oxidation sites excluding steroid dienone is 16. The first-order valence-corrected chi connectivity index (χ1v) is 26.7. The van der Waals surface area contributed by atoms with E-state index in [0.29, 0.717) is 19.3 Å². The predicted molar refractivity (Wildman–Crippen MR) is 279 cm³/mol. The van der Waals surface area contributed by atoms with Gasteiger partial charge in [-0.05, 0) is 96.3 Å². The zero-order chi connectivity index (χ0) is 47.2. The molecule has 1 atom stereocenters. The molecule has 6 nitrogen and oxygen atoms in total. The molecule has 370 valence electrons. The van der Waals surface area contributed by atoms with Crippen LogP contribution in [-0.2, 0) is 28.6 Å². The summed E-state index contributed by atoms with van der Waals surface area (Å²) in [7, 11) is 0. The van der Waals surface area contributed by atoms with E-state index < -0.39 is 6.10 Å². The Morgan fingerprint density at radius 1 is 0.323 bits per heavy atom. The highest BCUT2D eigenvalue weighted by Gasteiger charge is 2.19. The van der Waals surface area contributed by atoms with Gasteiger partial charge in [0.05, 0.1) is 0 Å². The van der Waals surface area contributed by atoms with Gasteiger partial charge in [0.2, 0.25) is 0 Å². The van der Waals surface area contributed by atoms with E-state index in [1.165, 1.54) is 89.9 Å². The van der Waals surface area contributed by atoms with E-state index >= 15 is 0 Å². The van der Waals surface area contributed by atoms with Crippen LogP contribution in [0.25, 0.3) is 0 Å².